The number of aliphatic hydroxyl groups excluding tert-OH is 1. The first-order valence-corrected chi connectivity index (χ1v) is 11.5. The first kappa shape index (κ1) is 21.7. The largest absolute Gasteiger partial charge is 0.484 e. The number of hydrogen-bond acceptors (Lipinski definition) is 6. The molecule has 1 aromatic carbocycles. The van der Waals surface area contributed by atoms with Gasteiger partial charge in [0.2, 0.25) is 0 Å². The zero-order chi connectivity index (χ0) is 21.8. The van der Waals surface area contributed by atoms with E-state index in [1.807, 2.05) is 48.7 Å². The van der Waals surface area contributed by atoms with E-state index in [1.54, 1.807) is 0 Å². The van der Waals surface area contributed by atoms with Crippen molar-refractivity contribution < 1.29 is 9.84 Å². The summed E-state index contributed by atoms with van der Waals surface area (Å²) in [7, 11) is 0. The minimum absolute atomic E-state index is 0.000693. The van der Waals surface area contributed by atoms with Crippen LogP contribution in [0.3, 0.4) is 0 Å². The fraction of sp³-hybridized carbons (Fsp3) is 0.500. The molecule has 7 heteroatoms. The van der Waals surface area contributed by atoms with Gasteiger partial charge in [-0.2, -0.15) is 0 Å². The molecule has 0 amide bonds. The lowest BCUT2D eigenvalue weighted by Gasteiger charge is -2.30. The van der Waals surface area contributed by atoms with Crippen LogP contribution in [-0.4, -0.2) is 44.3 Å². The van der Waals surface area contributed by atoms with Crippen LogP contribution in [0.15, 0.2) is 42.6 Å². The highest BCUT2D eigenvalue weighted by Crippen LogP contribution is 2.38. The average molecular weight is 424 g/mol. The number of aromatic nitrogens is 3. The fourth-order valence-electron chi connectivity index (χ4n) is 4.77. The van der Waals surface area contributed by atoms with Crippen LogP contribution in [0.1, 0.15) is 74.7 Å². The molecular formula is C24H33N5O2. The third-order valence-electron chi connectivity index (χ3n) is 6.21. The molecule has 0 spiro atoms. The number of hydrogen-bond donors (Lipinski definition) is 2. The molecule has 0 saturated carbocycles. The van der Waals surface area contributed by atoms with Gasteiger partial charge in [-0.1, -0.05) is 38.1 Å². The van der Waals surface area contributed by atoms with E-state index >= 15 is 0 Å². The van der Waals surface area contributed by atoms with Gasteiger partial charge in [0.1, 0.15) is 11.9 Å². The third-order valence-corrected chi connectivity index (χ3v) is 6.21. The monoisotopic (exact) mass is 423 g/mol. The lowest BCUT2D eigenvalue weighted by Crippen LogP contribution is -2.27. The maximum absolute atomic E-state index is 9.37. The second kappa shape index (κ2) is 9.77. The summed E-state index contributed by atoms with van der Waals surface area (Å²) in [5, 5.41) is 18.2. The van der Waals surface area contributed by atoms with E-state index in [0.717, 1.165) is 49.4 Å². The molecule has 0 radical (unpaired) electrons. The summed E-state index contributed by atoms with van der Waals surface area (Å²) in [4.78, 5) is 2.28. The third kappa shape index (κ3) is 4.31. The molecule has 5 rings (SSSR count). The van der Waals surface area contributed by atoms with Crippen LogP contribution in [-0.2, 0) is 0 Å². The van der Waals surface area contributed by atoms with Crippen LogP contribution < -0.4 is 10.5 Å². The van der Waals surface area contributed by atoms with Gasteiger partial charge in [-0.05, 0) is 55.5 Å². The quantitative estimate of drug-likeness (QED) is 0.649. The number of nitrogens with two attached hydrogens (primary N) is 1. The number of β-amino-alcohol motifs (C(OH)–C–C–N with tert-alkyl or cyclic N) is 1. The SMILES string of the molecule is CC.NC1CCC(Oc2ccc3nnc([C@@H]4CCCN4CCO)n3c2)c2ccccc21. The van der Waals surface area contributed by atoms with Gasteiger partial charge in [-0.3, -0.25) is 9.30 Å². The van der Waals surface area contributed by atoms with Gasteiger partial charge < -0.3 is 15.6 Å². The van der Waals surface area contributed by atoms with Crippen LogP contribution in [0.5, 0.6) is 5.75 Å². The average Bonchev–Trinajstić information content (AvgIpc) is 3.44. The van der Waals surface area contributed by atoms with Crippen molar-refractivity contribution in [3.8, 4) is 5.75 Å². The van der Waals surface area contributed by atoms with Crippen molar-refractivity contribution in [2.45, 2.75) is 57.7 Å². The molecule has 2 unspecified atom stereocenters. The Balaban J connectivity index is 0.00000112. The normalized spacial score (nSPS) is 23.3. The molecule has 2 aromatic heterocycles. The van der Waals surface area contributed by atoms with Crippen molar-refractivity contribution in [3.63, 3.8) is 0 Å². The first-order chi connectivity index (χ1) is 15.2. The van der Waals surface area contributed by atoms with Gasteiger partial charge in [0, 0.05) is 12.6 Å². The summed E-state index contributed by atoms with van der Waals surface area (Å²) in [6, 6.07) is 12.5. The van der Waals surface area contributed by atoms with E-state index < -0.39 is 0 Å². The Kier molecular flexibility index (Phi) is 6.85. The molecule has 31 heavy (non-hydrogen) atoms. The van der Waals surface area contributed by atoms with Gasteiger partial charge in [0.25, 0.3) is 0 Å². The molecule has 1 fully saturated rings. The molecular weight excluding hydrogens is 390 g/mol. The summed E-state index contributed by atoms with van der Waals surface area (Å²) in [5.41, 5.74) is 9.47. The Morgan fingerprint density at radius 1 is 1.06 bits per heavy atom. The molecule has 3 atom stereocenters. The zero-order valence-corrected chi connectivity index (χ0v) is 18.4. The highest BCUT2D eigenvalue weighted by molar-refractivity contribution is 5.42. The number of rotatable bonds is 5. The minimum atomic E-state index is 0.000693. The van der Waals surface area contributed by atoms with Crippen LogP contribution in [0.4, 0.5) is 0 Å². The number of likely N-dealkylation sites (tertiary alicyclic amines) is 1. The molecule has 7 nitrogen and oxygen atoms in total. The molecule has 3 aromatic rings. The highest BCUT2D eigenvalue weighted by Gasteiger charge is 2.30. The Bertz CT molecular complexity index is 1000. The standard InChI is InChI=1S/C22H27N5O2.C2H6/c23-18-8-9-20(17-5-2-1-4-16(17)18)29-15-7-10-21-24-25-22(27(21)14-15)19-6-3-11-26(19)12-13-28;1-2/h1-2,4-5,7,10,14,18-20,28H,3,6,8-9,11-13,23H2;1-2H3/t18?,19-,20?;/m0./s1. The second-order valence-corrected chi connectivity index (χ2v) is 7.99. The predicted octanol–water partition coefficient (Wildman–Crippen LogP) is 3.80. The summed E-state index contributed by atoms with van der Waals surface area (Å²) >= 11 is 0. The Hall–Kier alpha value is -2.48. The van der Waals surface area contributed by atoms with Crippen molar-refractivity contribution in [2.75, 3.05) is 19.7 Å². The van der Waals surface area contributed by atoms with Crippen molar-refractivity contribution in [2.24, 2.45) is 5.73 Å². The maximum Gasteiger partial charge on any atom is 0.161 e. The van der Waals surface area contributed by atoms with Crippen LogP contribution >= 0.6 is 0 Å². The van der Waals surface area contributed by atoms with E-state index in [-0.39, 0.29) is 24.8 Å². The molecule has 1 aliphatic heterocycles. The van der Waals surface area contributed by atoms with Gasteiger partial charge in [0.05, 0.1) is 18.8 Å². The van der Waals surface area contributed by atoms with Gasteiger partial charge >= 0.3 is 0 Å². The topological polar surface area (TPSA) is 88.9 Å². The number of fused-ring (bicyclic) bond motifs is 2. The van der Waals surface area contributed by atoms with E-state index in [1.165, 1.54) is 11.1 Å². The zero-order valence-electron chi connectivity index (χ0n) is 18.4. The van der Waals surface area contributed by atoms with Gasteiger partial charge in [-0.25, -0.2) is 0 Å². The van der Waals surface area contributed by atoms with Crippen molar-refractivity contribution in [1.29, 1.82) is 0 Å². The molecule has 1 saturated heterocycles. The second-order valence-electron chi connectivity index (χ2n) is 7.99. The Labute approximate surface area is 183 Å². The molecule has 1 aliphatic carbocycles. The number of aliphatic hydroxyl groups is 1. The summed E-state index contributed by atoms with van der Waals surface area (Å²) in [5.74, 6) is 1.72. The highest BCUT2D eigenvalue weighted by atomic mass is 16.5. The van der Waals surface area contributed by atoms with Crippen LogP contribution in [0.2, 0.25) is 0 Å². The number of ether oxygens (including phenoxy) is 1. The van der Waals surface area contributed by atoms with Crippen molar-refractivity contribution >= 4 is 5.65 Å². The molecule has 3 heterocycles. The van der Waals surface area contributed by atoms with Gasteiger partial charge in [-0.15, -0.1) is 10.2 Å². The number of benzene rings is 1. The minimum Gasteiger partial charge on any atom is -0.484 e. The van der Waals surface area contributed by atoms with E-state index in [2.05, 4.69) is 27.2 Å². The predicted molar refractivity (Wildman–Crippen MR) is 121 cm³/mol. The van der Waals surface area contributed by atoms with Gasteiger partial charge in [0.15, 0.2) is 11.5 Å². The van der Waals surface area contributed by atoms with Crippen LogP contribution in [0.25, 0.3) is 5.65 Å². The Morgan fingerprint density at radius 2 is 1.87 bits per heavy atom. The first-order valence-electron chi connectivity index (χ1n) is 11.5. The number of pyridine rings is 1. The number of nitrogens with zero attached hydrogens (tertiary/aromatic N) is 4. The molecule has 3 N–H and O–H groups in total. The van der Waals surface area contributed by atoms with E-state index in [0.29, 0.717) is 6.54 Å². The fourth-order valence-corrected chi connectivity index (χ4v) is 4.77. The van der Waals surface area contributed by atoms with Crippen molar-refractivity contribution in [3.05, 3.63) is 59.5 Å². The Morgan fingerprint density at radius 3 is 2.68 bits per heavy atom. The summed E-state index contributed by atoms with van der Waals surface area (Å²) < 4.78 is 8.45. The summed E-state index contributed by atoms with van der Waals surface area (Å²) in [6.07, 6.45) is 5.95. The smallest absolute Gasteiger partial charge is 0.161 e. The lowest BCUT2D eigenvalue weighted by atomic mass is 9.86. The van der Waals surface area contributed by atoms with E-state index in [4.69, 9.17) is 10.5 Å². The lowest BCUT2D eigenvalue weighted by molar-refractivity contribution is 0.174. The van der Waals surface area contributed by atoms with Crippen LogP contribution in [0, 0.1) is 0 Å². The maximum atomic E-state index is 9.37. The van der Waals surface area contributed by atoms with E-state index in [9.17, 15) is 5.11 Å². The summed E-state index contributed by atoms with van der Waals surface area (Å²) in [6.45, 7) is 5.80. The molecule has 0 bridgehead atoms. The van der Waals surface area contributed by atoms with Crippen molar-refractivity contribution in [1.82, 2.24) is 19.5 Å². The molecule has 166 valence electrons. The molecule has 2 aliphatic rings.